The quantitative estimate of drug-likeness (QED) is 0.446. The number of benzene rings is 3. The fourth-order valence-electron chi connectivity index (χ4n) is 4.13. The Balaban J connectivity index is 1.45. The summed E-state index contributed by atoms with van der Waals surface area (Å²) in [4.78, 5) is 0. The van der Waals surface area contributed by atoms with Crippen molar-refractivity contribution < 1.29 is 13.9 Å². The van der Waals surface area contributed by atoms with E-state index in [1.807, 2.05) is 35.3 Å². The SMILES string of the molecule is CCCCOc1ccc(C2=NN3[C@@H](c4ccc(F)cc4)Oc4ccccc4[C@@H]3C2)cc1. The third-order valence-corrected chi connectivity index (χ3v) is 5.81. The van der Waals surface area contributed by atoms with Crippen LogP contribution in [0, 0.1) is 5.82 Å². The maximum Gasteiger partial charge on any atom is 0.213 e. The number of nitrogens with zero attached hydrogens (tertiary/aromatic N) is 2. The number of fused-ring (bicyclic) bond motifs is 3. The van der Waals surface area contributed by atoms with E-state index < -0.39 is 6.23 Å². The van der Waals surface area contributed by atoms with Crippen molar-refractivity contribution in [3.63, 3.8) is 0 Å². The molecule has 4 nitrogen and oxygen atoms in total. The normalized spacial score (nSPS) is 19.3. The van der Waals surface area contributed by atoms with Crippen molar-refractivity contribution in [3.05, 3.63) is 95.3 Å². The molecule has 2 heterocycles. The molecule has 0 saturated carbocycles. The minimum absolute atomic E-state index is 0.0792. The molecule has 5 rings (SSSR count). The molecule has 0 aliphatic carbocycles. The highest BCUT2D eigenvalue weighted by Gasteiger charge is 2.40. The summed E-state index contributed by atoms with van der Waals surface area (Å²) in [5.41, 5.74) is 4.09. The first-order valence-electron chi connectivity index (χ1n) is 10.8. The first-order chi connectivity index (χ1) is 15.2. The Kier molecular flexibility index (Phi) is 5.33. The Morgan fingerprint density at radius 2 is 1.81 bits per heavy atom. The van der Waals surface area contributed by atoms with Crippen LogP contribution in [0.25, 0.3) is 0 Å². The van der Waals surface area contributed by atoms with Gasteiger partial charge in [0.25, 0.3) is 0 Å². The lowest BCUT2D eigenvalue weighted by molar-refractivity contribution is -0.0190. The second kappa shape index (κ2) is 8.42. The highest BCUT2D eigenvalue weighted by atomic mass is 19.1. The third-order valence-electron chi connectivity index (χ3n) is 5.81. The predicted molar refractivity (Wildman–Crippen MR) is 119 cm³/mol. The lowest BCUT2D eigenvalue weighted by Gasteiger charge is -2.38. The average Bonchev–Trinajstić information content (AvgIpc) is 3.26. The topological polar surface area (TPSA) is 34.1 Å². The standard InChI is InChI=1S/C26H25FN2O2/c1-2-3-16-30-21-14-10-18(11-15-21)23-17-24-22-6-4-5-7-25(22)31-26(29(24)28-23)19-8-12-20(27)13-9-19/h4-15,24,26H,2-3,16-17H2,1H3/t24-,26+/m0/s1. The fraction of sp³-hybridized carbons (Fsp3) is 0.269. The van der Waals surface area contributed by atoms with E-state index in [9.17, 15) is 4.39 Å². The summed E-state index contributed by atoms with van der Waals surface area (Å²) < 4.78 is 25.6. The van der Waals surface area contributed by atoms with E-state index in [0.717, 1.165) is 59.8 Å². The monoisotopic (exact) mass is 416 g/mol. The molecule has 3 aromatic rings. The maximum absolute atomic E-state index is 13.5. The second-order valence-electron chi connectivity index (χ2n) is 7.93. The molecule has 0 N–H and O–H groups in total. The highest BCUT2D eigenvalue weighted by Crippen LogP contribution is 2.47. The molecule has 0 bridgehead atoms. The molecule has 5 heteroatoms. The zero-order valence-corrected chi connectivity index (χ0v) is 17.5. The maximum atomic E-state index is 13.5. The molecule has 31 heavy (non-hydrogen) atoms. The molecular formula is C26H25FN2O2. The number of rotatable bonds is 6. The lowest BCUT2D eigenvalue weighted by Crippen LogP contribution is -2.33. The molecule has 0 aromatic heterocycles. The van der Waals surface area contributed by atoms with Crippen molar-refractivity contribution in [1.29, 1.82) is 0 Å². The van der Waals surface area contributed by atoms with Gasteiger partial charge in [-0.25, -0.2) is 9.40 Å². The molecule has 2 aliphatic rings. The minimum atomic E-state index is -0.394. The second-order valence-corrected chi connectivity index (χ2v) is 7.93. The highest BCUT2D eigenvalue weighted by molar-refractivity contribution is 6.02. The Hall–Kier alpha value is -3.34. The van der Waals surface area contributed by atoms with Crippen molar-refractivity contribution in [2.24, 2.45) is 5.10 Å². The fourth-order valence-corrected chi connectivity index (χ4v) is 4.13. The van der Waals surface area contributed by atoms with Crippen LogP contribution in [-0.2, 0) is 0 Å². The van der Waals surface area contributed by atoms with Crippen LogP contribution in [0.15, 0.2) is 77.9 Å². The van der Waals surface area contributed by atoms with Gasteiger partial charge in [-0.1, -0.05) is 43.7 Å². The lowest BCUT2D eigenvalue weighted by atomic mass is 9.96. The van der Waals surface area contributed by atoms with Gasteiger partial charge in [0.15, 0.2) is 0 Å². The molecule has 0 unspecified atom stereocenters. The van der Waals surface area contributed by atoms with E-state index in [2.05, 4.69) is 25.1 Å². The number of hydrogen-bond acceptors (Lipinski definition) is 4. The van der Waals surface area contributed by atoms with Gasteiger partial charge in [0.2, 0.25) is 6.23 Å². The van der Waals surface area contributed by atoms with Gasteiger partial charge >= 0.3 is 0 Å². The van der Waals surface area contributed by atoms with Crippen molar-refractivity contribution in [3.8, 4) is 11.5 Å². The number of hydrazone groups is 1. The van der Waals surface area contributed by atoms with Gasteiger partial charge in [-0.3, -0.25) is 0 Å². The van der Waals surface area contributed by atoms with Gasteiger partial charge in [0.1, 0.15) is 17.3 Å². The molecule has 0 spiro atoms. The molecule has 0 saturated heterocycles. The average molecular weight is 416 g/mol. The molecule has 3 aromatic carbocycles. The number of hydrogen-bond donors (Lipinski definition) is 0. The van der Waals surface area contributed by atoms with E-state index in [1.165, 1.54) is 12.1 Å². The van der Waals surface area contributed by atoms with Crippen LogP contribution >= 0.6 is 0 Å². The summed E-state index contributed by atoms with van der Waals surface area (Å²) >= 11 is 0. The zero-order valence-electron chi connectivity index (χ0n) is 17.5. The summed E-state index contributed by atoms with van der Waals surface area (Å²) in [5, 5.41) is 6.97. The number of para-hydroxylation sites is 1. The summed E-state index contributed by atoms with van der Waals surface area (Å²) in [6, 6.07) is 22.8. The smallest absolute Gasteiger partial charge is 0.213 e. The van der Waals surface area contributed by atoms with E-state index in [4.69, 9.17) is 14.6 Å². The molecule has 158 valence electrons. The van der Waals surface area contributed by atoms with Gasteiger partial charge < -0.3 is 9.47 Å². The van der Waals surface area contributed by atoms with Crippen LogP contribution in [0.1, 0.15) is 55.1 Å². The third kappa shape index (κ3) is 3.88. The van der Waals surface area contributed by atoms with Crippen molar-refractivity contribution in [2.75, 3.05) is 6.61 Å². The van der Waals surface area contributed by atoms with E-state index in [1.54, 1.807) is 12.1 Å². The Morgan fingerprint density at radius 3 is 2.58 bits per heavy atom. The molecular weight excluding hydrogens is 391 g/mol. The molecule has 0 radical (unpaired) electrons. The summed E-state index contributed by atoms with van der Waals surface area (Å²) in [6.07, 6.45) is 2.56. The van der Waals surface area contributed by atoms with Gasteiger partial charge in [-0.15, -0.1) is 0 Å². The van der Waals surface area contributed by atoms with Crippen molar-refractivity contribution >= 4 is 5.71 Å². The summed E-state index contributed by atoms with van der Waals surface area (Å²) in [6.45, 7) is 2.89. The number of unbranched alkanes of at least 4 members (excludes halogenated alkanes) is 1. The minimum Gasteiger partial charge on any atom is -0.494 e. The van der Waals surface area contributed by atoms with Crippen molar-refractivity contribution in [1.82, 2.24) is 5.01 Å². The van der Waals surface area contributed by atoms with Crippen LogP contribution in [0.2, 0.25) is 0 Å². The van der Waals surface area contributed by atoms with Gasteiger partial charge in [0.05, 0.1) is 18.4 Å². The Labute approximate surface area is 181 Å². The van der Waals surface area contributed by atoms with E-state index in [0.29, 0.717) is 0 Å². The first-order valence-corrected chi connectivity index (χ1v) is 10.8. The predicted octanol–water partition coefficient (Wildman–Crippen LogP) is 6.25. The van der Waals surface area contributed by atoms with Crippen LogP contribution in [0.4, 0.5) is 4.39 Å². The van der Waals surface area contributed by atoms with Crippen LogP contribution in [0.3, 0.4) is 0 Å². The Morgan fingerprint density at radius 1 is 1.03 bits per heavy atom. The molecule has 2 atom stereocenters. The molecule has 2 aliphatic heterocycles. The van der Waals surface area contributed by atoms with Crippen LogP contribution in [0.5, 0.6) is 11.5 Å². The molecule has 0 amide bonds. The van der Waals surface area contributed by atoms with Gasteiger partial charge in [-0.2, -0.15) is 5.10 Å². The largest absolute Gasteiger partial charge is 0.494 e. The molecule has 0 fully saturated rings. The van der Waals surface area contributed by atoms with Crippen LogP contribution in [-0.4, -0.2) is 17.3 Å². The number of halogens is 1. The first kappa shape index (κ1) is 19.6. The Bertz CT molecular complexity index is 1080. The zero-order chi connectivity index (χ0) is 21.2. The van der Waals surface area contributed by atoms with E-state index >= 15 is 0 Å². The van der Waals surface area contributed by atoms with Crippen LogP contribution < -0.4 is 9.47 Å². The van der Waals surface area contributed by atoms with Gasteiger partial charge in [0, 0.05) is 17.5 Å². The van der Waals surface area contributed by atoms with Gasteiger partial charge in [-0.05, 0) is 54.4 Å². The van der Waals surface area contributed by atoms with Crippen molar-refractivity contribution in [2.45, 2.75) is 38.5 Å². The number of ether oxygens (including phenoxy) is 2. The summed E-state index contributed by atoms with van der Waals surface area (Å²) in [5.74, 6) is 1.48. The summed E-state index contributed by atoms with van der Waals surface area (Å²) in [7, 11) is 0. The van der Waals surface area contributed by atoms with E-state index in [-0.39, 0.29) is 11.9 Å².